The van der Waals surface area contributed by atoms with Crippen LogP contribution in [0.5, 0.6) is 0 Å². The molecule has 0 saturated heterocycles. The Kier molecular flexibility index (Phi) is 5.09. The SMILES string of the molecule is CCOC(=O)C(CC(=O)OC(C)(C)C)n1ccnc1. The topological polar surface area (TPSA) is 70.4 Å². The maximum atomic E-state index is 11.9. The number of rotatable bonds is 5. The second-order valence-electron chi connectivity index (χ2n) is 5.07. The Bertz CT molecular complexity index is 420. The molecule has 1 unspecified atom stereocenters. The number of carbonyl (C=O) groups excluding carboxylic acids is 2. The standard InChI is InChI=1S/C13H20N2O4/c1-5-18-12(17)10(15-7-6-14-9-15)8-11(16)19-13(2,3)4/h6-7,9-10H,5,8H2,1-4H3. The number of imidazole rings is 1. The van der Waals surface area contributed by atoms with Crippen LogP contribution in [0.4, 0.5) is 0 Å². The van der Waals surface area contributed by atoms with E-state index in [1.165, 1.54) is 6.33 Å². The summed E-state index contributed by atoms with van der Waals surface area (Å²) in [6.07, 6.45) is 4.56. The number of ether oxygens (including phenoxy) is 2. The van der Waals surface area contributed by atoms with Gasteiger partial charge in [-0.3, -0.25) is 4.79 Å². The Morgan fingerprint density at radius 3 is 2.53 bits per heavy atom. The van der Waals surface area contributed by atoms with Crippen molar-refractivity contribution in [3.8, 4) is 0 Å². The first-order valence-electron chi connectivity index (χ1n) is 6.19. The third-order valence-electron chi connectivity index (χ3n) is 2.22. The molecule has 0 N–H and O–H groups in total. The van der Waals surface area contributed by atoms with Gasteiger partial charge in [-0.05, 0) is 27.7 Å². The molecule has 0 aliphatic rings. The van der Waals surface area contributed by atoms with E-state index in [1.807, 2.05) is 0 Å². The molecule has 0 aliphatic heterocycles. The van der Waals surface area contributed by atoms with Gasteiger partial charge in [-0.25, -0.2) is 9.78 Å². The summed E-state index contributed by atoms with van der Waals surface area (Å²) in [7, 11) is 0. The second-order valence-corrected chi connectivity index (χ2v) is 5.07. The van der Waals surface area contributed by atoms with Crippen LogP contribution in [-0.4, -0.2) is 33.7 Å². The van der Waals surface area contributed by atoms with Crippen molar-refractivity contribution in [3.05, 3.63) is 18.7 Å². The van der Waals surface area contributed by atoms with Crippen LogP contribution in [0, 0.1) is 0 Å². The van der Waals surface area contributed by atoms with E-state index in [1.54, 1.807) is 44.7 Å². The molecular formula is C13H20N2O4. The number of nitrogens with zero attached hydrogens (tertiary/aromatic N) is 2. The zero-order chi connectivity index (χ0) is 14.5. The van der Waals surface area contributed by atoms with Gasteiger partial charge in [0.05, 0.1) is 19.4 Å². The van der Waals surface area contributed by atoms with Gasteiger partial charge in [-0.1, -0.05) is 0 Å². The van der Waals surface area contributed by atoms with Crippen molar-refractivity contribution in [3.63, 3.8) is 0 Å². The predicted octanol–water partition coefficient (Wildman–Crippen LogP) is 1.72. The summed E-state index contributed by atoms with van der Waals surface area (Å²) in [4.78, 5) is 27.5. The first-order chi connectivity index (χ1) is 8.83. The van der Waals surface area contributed by atoms with E-state index in [9.17, 15) is 9.59 Å². The number of aromatic nitrogens is 2. The first-order valence-corrected chi connectivity index (χ1v) is 6.19. The van der Waals surface area contributed by atoms with E-state index >= 15 is 0 Å². The smallest absolute Gasteiger partial charge is 0.329 e. The van der Waals surface area contributed by atoms with E-state index in [-0.39, 0.29) is 13.0 Å². The van der Waals surface area contributed by atoms with Gasteiger partial charge in [0.1, 0.15) is 11.6 Å². The predicted molar refractivity (Wildman–Crippen MR) is 68.4 cm³/mol. The zero-order valence-corrected chi connectivity index (χ0v) is 11.8. The van der Waals surface area contributed by atoms with Crippen molar-refractivity contribution in [1.82, 2.24) is 9.55 Å². The van der Waals surface area contributed by atoms with Gasteiger partial charge in [-0.15, -0.1) is 0 Å². The van der Waals surface area contributed by atoms with Crippen molar-refractivity contribution >= 4 is 11.9 Å². The van der Waals surface area contributed by atoms with E-state index in [4.69, 9.17) is 9.47 Å². The van der Waals surface area contributed by atoms with Crippen LogP contribution in [0.15, 0.2) is 18.7 Å². The van der Waals surface area contributed by atoms with Crippen molar-refractivity contribution in [1.29, 1.82) is 0 Å². The van der Waals surface area contributed by atoms with Gasteiger partial charge in [0.2, 0.25) is 0 Å². The molecule has 6 nitrogen and oxygen atoms in total. The maximum Gasteiger partial charge on any atom is 0.329 e. The normalized spacial score (nSPS) is 12.8. The van der Waals surface area contributed by atoms with Crippen molar-refractivity contribution < 1.29 is 19.1 Å². The van der Waals surface area contributed by atoms with Gasteiger partial charge in [0.25, 0.3) is 0 Å². The third-order valence-corrected chi connectivity index (χ3v) is 2.22. The van der Waals surface area contributed by atoms with Crippen LogP contribution in [0.1, 0.15) is 40.2 Å². The molecule has 0 radical (unpaired) electrons. The van der Waals surface area contributed by atoms with Crippen molar-refractivity contribution in [2.45, 2.75) is 45.8 Å². The van der Waals surface area contributed by atoms with Gasteiger partial charge in [-0.2, -0.15) is 0 Å². The molecular weight excluding hydrogens is 248 g/mol. The largest absolute Gasteiger partial charge is 0.464 e. The minimum atomic E-state index is -0.739. The molecule has 0 aromatic carbocycles. The van der Waals surface area contributed by atoms with Crippen molar-refractivity contribution in [2.75, 3.05) is 6.61 Å². The maximum absolute atomic E-state index is 11.9. The number of hydrogen-bond acceptors (Lipinski definition) is 5. The summed E-state index contributed by atoms with van der Waals surface area (Å²) >= 11 is 0. The fourth-order valence-corrected chi connectivity index (χ4v) is 1.54. The van der Waals surface area contributed by atoms with Crippen LogP contribution in [-0.2, 0) is 19.1 Å². The quantitative estimate of drug-likeness (QED) is 0.760. The molecule has 0 aliphatic carbocycles. The third kappa shape index (κ3) is 5.11. The number of esters is 2. The van der Waals surface area contributed by atoms with Gasteiger partial charge in [0, 0.05) is 12.4 Å². The second kappa shape index (κ2) is 6.36. The lowest BCUT2D eigenvalue weighted by molar-refractivity contribution is -0.160. The minimum absolute atomic E-state index is 0.0769. The average molecular weight is 268 g/mol. The van der Waals surface area contributed by atoms with Crippen LogP contribution in [0.2, 0.25) is 0 Å². The summed E-state index contributed by atoms with van der Waals surface area (Å²) < 4.78 is 11.7. The molecule has 6 heteroatoms. The van der Waals surface area contributed by atoms with Gasteiger partial charge < -0.3 is 14.0 Å². The van der Waals surface area contributed by atoms with Crippen LogP contribution < -0.4 is 0 Å². The summed E-state index contributed by atoms with van der Waals surface area (Å²) in [6.45, 7) is 7.32. The van der Waals surface area contributed by atoms with Crippen molar-refractivity contribution in [2.24, 2.45) is 0 Å². The molecule has 0 bridgehead atoms. The summed E-state index contributed by atoms with van der Waals surface area (Å²) in [6, 6.07) is -0.739. The summed E-state index contributed by atoms with van der Waals surface area (Å²) in [5.41, 5.74) is -0.578. The molecule has 1 aromatic rings. The molecule has 1 aromatic heterocycles. The number of hydrogen-bond donors (Lipinski definition) is 0. The monoisotopic (exact) mass is 268 g/mol. The first kappa shape index (κ1) is 15.2. The van der Waals surface area contributed by atoms with Crippen LogP contribution >= 0.6 is 0 Å². The molecule has 106 valence electrons. The number of carbonyl (C=O) groups is 2. The van der Waals surface area contributed by atoms with Crippen LogP contribution in [0.25, 0.3) is 0 Å². The lowest BCUT2D eigenvalue weighted by Crippen LogP contribution is -2.29. The van der Waals surface area contributed by atoms with E-state index < -0.39 is 23.6 Å². The summed E-state index contributed by atoms with van der Waals surface area (Å²) in [5, 5.41) is 0. The minimum Gasteiger partial charge on any atom is -0.464 e. The molecule has 0 amide bonds. The highest BCUT2D eigenvalue weighted by Gasteiger charge is 2.27. The lowest BCUT2D eigenvalue weighted by Gasteiger charge is -2.22. The van der Waals surface area contributed by atoms with E-state index in [0.717, 1.165) is 0 Å². The molecule has 0 spiro atoms. The van der Waals surface area contributed by atoms with E-state index in [2.05, 4.69) is 4.98 Å². The lowest BCUT2D eigenvalue weighted by atomic mass is 10.1. The zero-order valence-electron chi connectivity index (χ0n) is 11.8. The highest BCUT2D eigenvalue weighted by molar-refractivity contribution is 5.81. The molecule has 0 fully saturated rings. The van der Waals surface area contributed by atoms with Gasteiger partial charge in [0.15, 0.2) is 0 Å². The fraction of sp³-hybridized carbons (Fsp3) is 0.615. The Labute approximate surface area is 112 Å². The Morgan fingerprint density at radius 2 is 2.05 bits per heavy atom. The highest BCUT2D eigenvalue weighted by atomic mass is 16.6. The molecule has 0 saturated carbocycles. The molecule has 1 rings (SSSR count). The molecule has 1 atom stereocenters. The Balaban J connectivity index is 2.76. The average Bonchev–Trinajstić information content (AvgIpc) is 2.76. The van der Waals surface area contributed by atoms with E-state index in [0.29, 0.717) is 0 Å². The molecule has 19 heavy (non-hydrogen) atoms. The highest BCUT2D eigenvalue weighted by Crippen LogP contribution is 2.17. The van der Waals surface area contributed by atoms with Crippen LogP contribution in [0.3, 0.4) is 0 Å². The Morgan fingerprint density at radius 1 is 1.37 bits per heavy atom. The fourth-order valence-electron chi connectivity index (χ4n) is 1.54. The van der Waals surface area contributed by atoms with Gasteiger partial charge >= 0.3 is 11.9 Å². The summed E-state index contributed by atoms with van der Waals surface area (Å²) in [5.74, 6) is -0.911. The molecule has 1 heterocycles. The Hall–Kier alpha value is -1.85.